The zero-order valence-electron chi connectivity index (χ0n) is 25.7. The summed E-state index contributed by atoms with van der Waals surface area (Å²) >= 11 is 0. The maximum Gasteiger partial charge on any atom is 0.164 e. The van der Waals surface area contributed by atoms with Crippen LogP contribution in [0.15, 0.2) is 162 Å². The van der Waals surface area contributed by atoms with Gasteiger partial charge in [-0.1, -0.05) is 115 Å². The van der Waals surface area contributed by atoms with Gasteiger partial charge in [-0.05, 0) is 53.2 Å². The molecule has 0 saturated carbocycles. The van der Waals surface area contributed by atoms with Crippen LogP contribution < -0.4 is 0 Å². The molecule has 7 aromatic carbocycles. The van der Waals surface area contributed by atoms with Gasteiger partial charge in [0, 0.05) is 43.9 Å². The number of aromatic nitrogens is 4. The number of fused-ring (bicyclic) bond motifs is 7. The Bertz CT molecular complexity index is 2800. The standard InChI is InChI=1S/C43H26N4O/c1-2-12-28(13-3-1)41-44-42(30-22-21-27-11-4-5-14-29(27)25-30)46-43(45-41)34-17-10-20-39-40(34)35-26-31(23-24-38(35)48-39)47-36-18-8-6-15-32(36)33-16-7-9-19-37(33)47/h1-26H. The van der Waals surface area contributed by atoms with Gasteiger partial charge >= 0.3 is 0 Å². The van der Waals surface area contributed by atoms with Crippen LogP contribution in [0.4, 0.5) is 0 Å². The maximum atomic E-state index is 6.46. The van der Waals surface area contributed by atoms with Gasteiger partial charge in [-0.15, -0.1) is 0 Å². The Morgan fingerprint density at radius 3 is 1.88 bits per heavy atom. The molecule has 0 fully saturated rings. The number of rotatable bonds is 4. The summed E-state index contributed by atoms with van der Waals surface area (Å²) in [5.74, 6) is 1.85. The summed E-state index contributed by atoms with van der Waals surface area (Å²) in [6.07, 6.45) is 0. The molecule has 0 aliphatic rings. The highest BCUT2D eigenvalue weighted by atomic mass is 16.3. The lowest BCUT2D eigenvalue weighted by atomic mass is 10.0. The Balaban J connectivity index is 1.22. The van der Waals surface area contributed by atoms with Crippen LogP contribution in [0.3, 0.4) is 0 Å². The number of furan rings is 1. The second-order valence-electron chi connectivity index (χ2n) is 12.1. The van der Waals surface area contributed by atoms with Crippen molar-refractivity contribution in [1.29, 1.82) is 0 Å². The Hall–Kier alpha value is -6.59. The molecule has 0 bridgehead atoms. The number of benzene rings is 7. The molecule has 0 unspecified atom stereocenters. The predicted molar refractivity (Wildman–Crippen MR) is 195 cm³/mol. The molecule has 0 amide bonds. The van der Waals surface area contributed by atoms with Gasteiger partial charge in [-0.25, -0.2) is 15.0 Å². The molecule has 0 radical (unpaired) electrons. The molecule has 5 nitrogen and oxygen atoms in total. The van der Waals surface area contributed by atoms with Gasteiger partial charge in [0.15, 0.2) is 17.5 Å². The van der Waals surface area contributed by atoms with E-state index in [1.807, 2.05) is 42.5 Å². The monoisotopic (exact) mass is 614 g/mol. The Labute approximate surface area is 275 Å². The molecular weight excluding hydrogens is 589 g/mol. The second-order valence-corrected chi connectivity index (χ2v) is 12.1. The molecule has 3 heterocycles. The Morgan fingerprint density at radius 1 is 0.417 bits per heavy atom. The van der Waals surface area contributed by atoms with Gasteiger partial charge in [-0.2, -0.15) is 0 Å². The van der Waals surface area contributed by atoms with Crippen molar-refractivity contribution in [2.24, 2.45) is 0 Å². The molecule has 0 aliphatic heterocycles. The largest absolute Gasteiger partial charge is 0.456 e. The topological polar surface area (TPSA) is 56.7 Å². The first kappa shape index (κ1) is 26.6. The van der Waals surface area contributed by atoms with Crippen LogP contribution in [0.25, 0.3) is 94.4 Å². The van der Waals surface area contributed by atoms with Crippen LogP contribution in [0.5, 0.6) is 0 Å². The first-order chi connectivity index (χ1) is 23.8. The summed E-state index contributed by atoms with van der Waals surface area (Å²) in [5, 5.41) is 6.75. The molecule has 0 atom stereocenters. The van der Waals surface area contributed by atoms with Crippen molar-refractivity contribution in [1.82, 2.24) is 19.5 Å². The minimum atomic E-state index is 0.600. The molecule has 10 aromatic rings. The highest BCUT2D eigenvalue weighted by molar-refractivity contribution is 6.13. The van der Waals surface area contributed by atoms with Crippen molar-refractivity contribution in [3.8, 4) is 39.9 Å². The third kappa shape index (κ3) is 4.15. The Morgan fingerprint density at radius 2 is 1.08 bits per heavy atom. The number of hydrogen-bond donors (Lipinski definition) is 0. The lowest BCUT2D eigenvalue weighted by Crippen LogP contribution is -2.00. The molecular formula is C43H26N4O. The first-order valence-corrected chi connectivity index (χ1v) is 16.0. The van der Waals surface area contributed by atoms with Gasteiger partial charge in [0.25, 0.3) is 0 Å². The fourth-order valence-electron chi connectivity index (χ4n) is 7.01. The third-order valence-electron chi connectivity index (χ3n) is 9.23. The van der Waals surface area contributed by atoms with Crippen molar-refractivity contribution < 1.29 is 4.42 Å². The SMILES string of the molecule is c1ccc(-c2nc(-c3ccc4ccccc4c3)nc(-c3cccc4oc5ccc(-n6c7ccccc7c7ccccc76)cc5c34)n2)cc1. The van der Waals surface area contributed by atoms with Crippen LogP contribution in [0, 0.1) is 0 Å². The van der Waals surface area contributed by atoms with Crippen molar-refractivity contribution in [2.75, 3.05) is 0 Å². The zero-order valence-corrected chi connectivity index (χ0v) is 25.7. The lowest BCUT2D eigenvalue weighted by molar-refractivity contribution is 0.669. The molecule has 0 spiro atoms. The molecule has 0 aliphatic carbocycles. The second kappa shape index (κ2) is 10.5. The predicted octanol–water partition coefficient (Wildman–Crippen LogP) is 11.0. The lowest BCUT2D eigenvalue weighted by Gasteiger charge is -2.10. The van der Waals surface area contributed by atoms with Crippen molar-refractivity contribution in [3.05, 3.63) is 158 Å². The van der Waals surface area contributed by atoms with Crippen LogP contribution in [0.1, 0.15) is 0 Å². The van der Waals surface area contributed by atoms with Gasteiger partial charge in [-0.3, -0.25) is 0 Å². The summed E-state index contributed by atoms with van der Waals surface area (Å²) in [7, 11) is 0. The van der Waals surface area contributed by atoms with Crippen LogP contribution in [-0.4, -0.2) is 19.5 Å². The van der Waals surface area contributed by atoms with Crippen molar-refractivity contribution >= 4 is 54.5 Å². The van der Waals surface area contributed by atoms with E-state index in [1.165, 1.54) is 16.2 Å². The van der Waals surface area contributed by atoms with Crippen LogP contribution in [0.2, 0.25) is 0 Å². The highest BCUT2D eigenvalue weighted by Gasteiger charge is 2.19. The van der Waals surface area contributed by atoms with Gasteiger partial charge in [0.05, 0.1) is 11.0 Å². The van der Waals surface area contributed by atoms with E-state index in [0.717, 1.165) is 60.7 Å². The fraction of sp³-hybridized carbons (Fsp3) is 0. The van der Waals surface area contributed by atoms with Gasteiger partial charge in [0.2, 0.25) is 0 Å². The van der Waals surface area contributed by atoms with Crippen molar-refractivity contribution in [2.45, 2.75) is 0 Å². The average Bonchev–Trinajstić information content (AvgIpc) is 3.70. The Kier molecular flexibility index (Phi) is 5.81. The van der Waals surface area contributed by atoms with Gasteiger partial charge in [0.1, 0.15) is 11.2 Å². The zero-order chi connectivity index (χ0) is 31.6. The van der Waals surface area contributed by atoms with Crippen LogP contribution in [-0.2, 0) is 0 Å². The summed E-state index contributed by atoms with van der Waals surface area (Å²) in [6.45, 7) is 0. The number of para-hydroxylation sites is 2. The van der Waals surface area contributed by atoms with E-state index in [0.29, 0.717) is 17.5 Å². The normalized spacial score (nSPS) is 11.8. The first-order valence-electron chi connectivity index (χ1n) is 16.0. The number of nitrogens with zero attached hydrogens (tertiary/aromatic N) is 4. The molecule has 5 heteroatoms. The van der Waals surface area contributed by atoms with Gasteiger partial charge < -0.3 is 8.98 Å². The van der Waals surface area contributed by atoms with E-state index in [1.54, 1.807) is 0 Å². The molecule has 3 aromatic heterocycles. The van der Waals surface area contributed by atoms with E-state index >= 15 is 0 Å². The van der Waals surface area contributed by atoms with Crippen LogP contribution >= 0.6 is 0 Å². The minimum Gasteiger partial charge on any atom is -0.456 e. The molecule has 0 N–H and O–H groups in total. The van der Waals surface area contributed by atoms with E-state index in [4.69, 9.17) is 19.4 Å². The quantitative estimate of drug-likeness (QED) is 0.198. The highest BCUT2D eigenvalue weighted by Crippen LogP contribution is 2.39. The summed E-state index contributed by atoms with van der Waals surface area (Å²) < 4.78 is 8.79. The minimum absolute atomic E-state index is 0.600. The van der Waals surface area contributed by atoms with E-state index in [2.05, 4.69) is 120 Å². The number of hydrogen-bond acceptors (Lipinski definition) is 4. The fourth-order valence-corrected chi connectivity index (χ4v) is 7.01. The molecule has 224 valence electrons. The van der Waals surface area contributed by atoms with Crippen molar-refractivity contribution in [3.63, 3.8) is 0 Å². The molecule has 10 rings (SSSR count). The van der Waals surface area contributed by atoms with E-state index < -0.39 is 0 Å². The molecule has 48 heavy (non-hydrogen) atoms. The average molecular weight is 615 g/mol. The maximum absolute atomic E-state index is 6.46. The third-order valence-corrected chi connectivity index (χ3v) is 9.23. The molecule has 0 saturated heterocycles. The summed E-state index contributed by atoms with van der Waals surface area (Å²) in [6, 6.07) is 54.5. The smallest absolute Gasteiger partial charge is 0.164 e. The van der Waals surface area contributed by atoms with E-state index in [-0.39, 0.29) is 0 Å². The summed E-state index contributed by atoms with van der Waals surface area (Å²) in [5.41, 5.74) is 7.76. The van der Waals surface area contributed by atoms with E-state index in [9.17, 15) is 0 Å². The summed E-state index contributed by atoms with van der Waals surface area (Å²) in [4.78, 5) is 15.2.